The molecular formula is C19H19FN6O2. The Morgan fingerprint density at radius 1 is 1.29 bits per heavy atom. The number of carbonyl (C=O) groups excluding carboxylic acids is 1. The zero-order valence-corrected chi connectivity index (χ0v) is 15.3. The predicted octanol–water partition coefficient (Wildman–Crippen LogP) is 2.41. The highest BCUT2D eigenvalue weighted by atomic mass is 19.1. The van der Waals surface area contributed by atoms with Crippen LogP contribution >= 0.6 is 0 Å². The molecule has 144 valence electrons. The highest BCUT2D eigenvalue weighted by molar-refractivity contribution is 5.91. The minimum atomic E-state index is -0.341. The van der Waals surface area contributed by atoms with Gasteiger partial charge >= 0.3 is 0 Å². The lowest BCUT2D eigenvalue weighted by atomic mass is 9.98. The van der Waals surface area contributed by atoms with Crippen molar-refractivity contribution in [3.8, 4) is 11.4 Å². The van der Waals surface area contributed by atoms with E-state index in [0.29, 0.717) is 29.6 Å². The van der Waals surface area contributed by atoms with Gasteiger partial charge in [-0.25, -0.2) is 4.39 Å². The lowest BCUT2D eigenvalue weighted by Crippen LogP contribution is -2.35. The van der Waals surface area contributed by atoms with Crippen LogP contribution in [0.25, 0.3) is 11.4 Å². The van der Waals surface area contributed by atoms with Crippen molar-refractivity contribution < 1.29 is 13.7 Å². The van der Waals surface area contributed by atoms with Crippen LogP contribution in [0.3, 0.4) is 0 Å². The monoisotopic (exact) mass is 382 g/mol. The Morgan fingerprint density at radius 2 is 2.18 bits per heavy atom. The van der Waals surface area contributed by atoms with E-state index in [0.717, 1.165) is 19.4 Å². The molecule has 1 amide bonds. The molecule has 0 bridgehead atoms. The van der Waals surface area contributed by atoms with Crippen LogP contribution < -0.4 is 10.2 Å². The molecule has 1 unspecified atom stereocenters. The van der Waals surface area contributed by atoms with E-state index in [-0.39, 0.29) is 23.3 Å². The molecule has 28 heavy (non-hydrogen) atoms. The Morgan fingerprint density at radius 3 is 2.93 bits per heavy atom. The fourth-order valence-electron chi connectivity index (χ4n) is 3.28. The average molecular weight is 382 g/mol. The molecule has 0 radical (unpaired) electrons. The Kier molecular flexibility index (Phi) is 4.96. The van der Waals surface area contributed by atoms with Crippen molar-refractivity contribution >= 4 is 11.7 Å². The van der Waals surface area contributed by atoms with Crippen molar-refractivity contribution in [2.45, 2.75) is 18.8 Å². The summed E-state index contributed by atoms with van der Waals surface area (Å²) in [5, 5.41) is 14.7. The van der Waals surface area contributed by atoms with E-state index in [4.69, 9.17) is 4.52 Å². The number of nitrogens with one attached hydrogen (secondary N) is 1. The van der Waals surface area contributed by atoms with Crippen LogP contribution in [0.5, 0.6) is 0 Å². The maximum Gasteiger partial charge on any atom is 0.271 e. The van der Waals surface area contributed by atoms with Crippen molar-refractivity contribution in [2.24, 2.45) is 0 Å². The van der Waals surface area contributed by atoms with Crippen LogP contribution in [0.2, 0.25) is 0 Å². The third kappa shape index (κ3) is 3.68. The second-order valence-electron chi connectivity index (χ2n) is 6.61. The number of carbonyl (C=O) groups is 1. The van der Waals surface area contributed by atoms with Crippen molar-refractivity contribution in [2.75, 3.05) is 25.0 Å². The van der Waals surface area contributed by atoms with Crippen LogP contribution in [-0.2, 0) is 0 Å². The SMILES string of the molecule is CNC(=O)c1ccc(N2CCCC(c3nc(-c4cccc(F)c4)no3)C2)nn1. The largest absolute Gasteiger partial charge is 0.354 e. The van der Waals surface area contributed by atoms with Gasteiger partial charge < -0.3 is 14.7 Å². The third-order valence-electron chi connectivity index (χ3n) is 4.73. The summed E-state index contributed by atoms with van der Waals surface area (Å²) in [5.74, 6) is 1.03. The van der Waals surface area contributed by atoms with Crippen LogP contribution in [0.15, 0.2) is 40.9 Å². The first-order chi connectivity index (χ1) is 13.6. The van der Waals surface area contributed by atoms with E-state index in [1.165, 1.54) is 12.1 Å². The molecule has 3 heterocycles. The van der Waals surface area contributed by atoms with Gasteiger partial charge in [0.15, 0.2) is 11.5 Å². The molecule has 1 aliphatic rings. The minimum absolute atomic E-state index is 0.0453. The van der Waals surface area contributed by atoms with Crippen molar-refractivity contribution in [1.82, 2.24) is 25.7 Å². The van der Waals surface area contributed by atoms with Gasteiger partial charge in [0, 0.05) is 25.7 Å². The Labute approximate surface area is 160 Å². The summed E-state index contributed by atoms with van der Waals surface area (Å²) in [5.41, 5.74) is 0.856. The molecule has 0 saturated carbocycles. The molecule has 0 aliphatic carbocycles. The average Bonchev–Trinajstić information content (AvgIpc) is 3.24. The van der Waals surface area contributed by atoms with Gasteiger partial charge in [-0.2, -0.15) is 4.98 Å². The van der Waals surface area contributed by atoms with Crippen molar-refractivity contribution in [1.29, 1.82) is 0 Å². The van der Waals surface area contributed by atoms with E-state index in [1.54, 1.807) is 31.3 Å². The summed E-state index contributed by atoms with van der Waals surface area (Å²) in [6, 6.07) is 9.55. The lowest BCUT2D eigenvalue weighted by Gasteiger charge is -2.31. The molecule has 8 nitrogen and oxygen atoms in total. The second kappa shape index (κ2) is 7.71. The number of hydrogen-bond donors (Lipinski definition) is 1. The first-order valence-corrected chi connectivity index (χ1v) is 9.04. The van der Waals surface area contributed by atoms with E-state index >= 15 is 0 Å². The summed E-state index contributed by atoms with van der Waals surface area (Å²) in [7, 11) is 1.55. The summed E-state index contributed by atoms with van der Waals surface area (Å²) in [4.78, 5) is 18.1. The Balaban J connectivity index is 1.49. The molecule has 3 aromatic rings. The molecular weight excluding hydrogens is 363 g/mol. The summed E-state index contributed by atoms with van der Waals surface area (Å²) >= 11 is 0. The highest BCUT2D eigenvalue weighted by Gasteiger charge is 2.27. The molecule has 2 aromatic heterocycles. The molecule has 9 heteroatoms. The van der Waals surface area contributed by atoms with Gasteiger partial charge in [0.25, 0.3) is 5.91 Å². The van der Waals surface area contributed by atoms with E-state index < -0.39 is 0 Å². The maximum atomic E-state index is 13.4. The zero-order valence-electron chi connectivity index (χ0n) is 15.3. The molecule has 4 rings (SSSR count). The van der Waals surface area contributed by atoms with Gasteiger partial charge in [0.1, 0.15) is 5.82 Å². The van der Waals surface area contributed by atoms with Crippen molar-refractivity contribution in [3.05, 3.63) is 53.8 Å². The van der Waals surface area contributed by atoms with E-state index in [2.05, 4.69) is 30.6 Å². The molecule has 1 saturated heterocycles. The molecule has 1 aromatic carbocycles. The van der Waals surface area contributed by atoms with Crippen LogP contribution in [0.4, 0.5) is 10.2 Å². The topological polar surface area (TPSA) is 97.0 Å². The van der Waals surface area contributed by atoms with Gasteiger partial charge in [-0.05, 0) is 37.1 Å². The normalized spacial score (nSPS) is 16.8. The summed E-state index contributed by atoms with van der Waals surface area (Å²) in [6.07, 6.45) is 1.84. The quantitative estimate of drug-likeness (QED) is 0.740. The van der Waals surface area contributed by atoms with Crippen molar-refractivity contribution in [3.63, 3.8) is 0 Å². The summed E-state index contributed by atoms with van der Waals surface area (Å²) in [6.45, 7) is 1.48. The van der Waals surface area contributed by atoms with Gasteiger partial charge in [0.2, 0.25) is 11.7 Å². The number of aromatic nitrogens is 4. The van der Waals surface area contributed by atoms with Gasteiger partial charge in [-0.1, -0.05) is 17.3 Å². The number of hydrogen-bond acceptors (Lipinski definition) is 7. The Bertz CT molecular complexity index is 975. The predicted molar refractivity (Wildman–Crippen MR) is 99.3 cm³/mol. The number of amides is 1. The smallest absolute Gasteiger partial charge is 0.271 e. The maximum absolute atomic E-state index is 13.4. The first kappa shape index (κ1) is 18.0. The number of piperidine rings is 1. The Hall–Kier alpha value is -3.36. The van der Waals surface area contributed by atoms with Crippen LogP contribution in [-0.4, -0.2) is 46.4 Å². The molecule has 1 fully saturated rings. The van der Waals surface area contributed by atoms with Gasteiger partial charge in [-0.3, -0.25) is 4.79 Å². The highest BCUT2D eigenvalue weighted by Crippen LogP contribution is 2.29. The third-order valence-corrected chi connectivity index (χ3v) is 4.73. The molecule has 1 atom stereocenters. The fourth-order valence-corrected chi connectivity index (χ4v) is 3.28. The first-order valence-electron chi connectivity index (χ1n) is 9.04. The number of nitrogens with zero attached hydrogens (tertiary/aromatic N) is 5. The second-order valence-corrected chi connectivity index (χ2v) is 6.61. The minimum Gasteiger partial charge on any atom is -0.354 e. The van der Waals surface area contributed by atoms with E-state index in [9.17, 15) is 9.18 Å². The number of halogens is 1. The lowest BCUT2D eigenvalue weighted by molar-refractivity contribution is 0.0957. The van der Waals surface area contributed by atoms with E-state index in [1.807, 2.05) is 0 Å². The van der Waals surface area contributed by atoms with Crippen LogP contribution in [0.1, 0.15) is 35.1 Å². The standard InChI is InChI=1S/C19H19FN6O2/c1-21-18(27)15-7-8-16(24-23-15)26-9-3-5-13(11-26)19-22-17(25-28-19)12-4-2-6-14(20)10-12/h2,4,6-8,10,13H,3,5,9,11H2,1H3,(H,21,27). The number of benzene rings is 1. The summed E-state index contributed by atoms with van der Waals surface area (Å²) < 4.78 is 18.9. The van der Waals surface area contributed by atoms with Gasteiger partial charge in [0.05, 0.1) is 5.92 Å². The fraction of sp³-hybridized carbons (Fsp3) is 0.316. The number of rotatable bonds is 4. The molecule has 0 spiro atoms. The van der Waals surface area contributed by atoms with Gasteiger partial charge in [-0.15, -0.1) is 10.2 Å². The molecule has 1 N–H and O–H groups in total. The number of anilines is 1. The van der Waals surface area contributed by atoms with Crippen LogP contribution in [0, 0.1) is 5.82 Å². The molecule has 1 aliphatic heterocycles. The zero-order chi connectivity index (χ0) is 19.5.